The fourth-order valence-corrected chi connectivity index (χ4v) is 1.88. The molecule has 1 aromatic carbocycles. The van der Waals surface area contributed by atoms with Crippen LogP contribution in [0.5, 0.6) is 0 Å². The quantitative estimate of drug-likeness (QED) is 0.897. The van der Waals surface area contributed by atoms with Gasteiger partial charge in [0.15, 0.2) is 17.5 Å². The zero-order valence-electron chi connectivity index (χ0n) is 8.50. The zero-order chi connectivity index (χ0) is 11.5. The normalized spacial score (nSPS) is 10.4. The van der Waals surface area contributed by atoms with Gasteiger partial charge in [0, 0.05) is 12.1 Å². The summed E-state index contributed by atoms with van der Waals surface area (Å²) in [5.41, 5.74) is 0.480. The van der Waals surface area contributed by atoms with Gasteiger partial charge in [0.05, 0.1) is 11.7 Å². The summed E-state index contributed by atoms with van der Waals surface area (Å²) in [5, 5.41) is 2.95. The number of benzene rings is 1. The second kappa shape index (κ2) is 4.52. The fraction of sp³-hybridized carbons (Fsp3) is 0.200. The molecule has 0 aliphatic heterocycles. The summed E-state index contributed by atoms with van der Waals surface area (Å²) in [6.45, 7) is 2.54. The molecule has 84 valence electrons. The van der Waals surface area contributed by atoms with Gasteiger partial charge in [-0.05, 0) is 19.1 Å². The van der Waals surface area contributed by atoms with Crippen molar-refractivity contribution in [2.75, 3.05) is 11.9 Å². The van der Waals surface area contributed by atoms with Gasteiger partial charge in [-0.25, -0.2) is 8.78 Å². The van der Waals surface area contributed by atoms with Crippen LogP contribution in [-0.4, -0.2) is 15.3 Å². The molecule has 3 nitrogen and oxygen atoms in total. The second-order valence-corrected chi connectivity index (χ2v) is 3.62. The van der Waals surface area contributed by atoms with Gasteiger partial charge in [-0.3, -0.25) is 0 Å². The van der Waals surface area contributed by atoms with Crippen molar-refractivity contribution in [3.8, 4) is 11.3 Å². The molecule has 0 saturated carbocycles. The number of hydrogen-bond donors (Lipinski definition) is 1. The van der Waals surface area contributed by atoms with Gasteiger partial charge in [0.25, 0.3) is 0 Å². The van der Waals surface area contributed by atoms with Gasteiger partial charge < -0.3 is 5.32 Å². The van der Waals surface area contributed by atoms with Gasteiger partial charge in [-0.1, -0.05) is 6.07 Å². The Labute approximate surface area is 95.5 Å². The number of halogens is 2. The minimum absolute atomic E-state index is 0.129. The van der Waals surface area contributed by atoms with E-state index in [9.17, 15) is 8.78 Å². The Morgan fingerprint density at radius 3 is 2.88 bits per heavy atom. The number of nitrogens with zero attached hydrogens (tertiary/aromatic N) is 2. The van der Waals surface area contributed by atoms with Crippen LogP contribution in [0.25, 0.3) is 11.3 Å². The molecule has 0 saturated heterocycles. The summed E-state index contributed by atoms with van der Waals surface area (Å²) in [5.74, 6) is -1.29. The number of hydrogen-bond acceptors (Lipinski definition) is 4. The summed E-state index contributed by atoms with van der Waals surface area (Å²) in [7, 11) is 0. The number of rotatable bonds is 3. The lowest BCUT2D eigenvalue weighted by molar-refractivity contribution is 0.511. The molecule has 6 heteroatoms. The molecule has 1 N–H and O–H groups in total. The van der Waals surface area contributed by atoms with Crippen LogP contribution in [0.15, 0.2) is 18.2 Å². The molecule has 0 spiro atoms. The highest BCUT2D eigenvalue weighted by atomic mass is 32.1. The molecule has 2 rings (SSSR count). The van der Waals surface area contributed by atoms with Crippen molar-refractivity contribution in [3.05, 3.63) is 29.8 Å². The molecule has 0 fully saturated rings. The average molecular weight is 241 g/mol. The highest BCUT2D eigenvalue weighted by Crippen LogP contribution is 2.28. The minimum Gasteiger partial charge on any atom is -0.368 e. The van der Waals surface area contributed by atoms with E-state index < -0.39 is 11.6 Å². The second-order valence-electron chi connectivity index (χ2n) is 3.09. The number of aromatic nitrogens is 2. The van der Waals surface area contributed by atoms with Crippen molar-refractivity contribution in [1.82, 2.24) is 8.75 Å². The van der Waals surface area contributed by atoms with Crippen LogP contribution in [0.2, 0.25) is 0 Å². The van der Waals surface area contributed by atoms with Crippen molar-refractivity contribution in [3.63, 3.8) is 0 Å². The Hall–Kier alpha value is -1.56. The Bertz CT molecular complexity index is 499. The van der Waals surface area contributed by atoms with Crippen molar-refractivity contribution < 1.29 is 8.78 Å². The Balaban J connectivity index is 2.50. The predicted molar refractivity (Wildman–Crippen MR) is 59.4 cm³/mol. The van der Waals surface area contributed by atoms with E-state index >= 15 is 0 Å². The lowest BCUT2D eigenvalue weighted by atomic mass is 10.1. The van der Waals surface area contributed by atoms with E-state index in [1.807, 2.05) is 6.92 Å². The van der Waals surface area contributed by atoms with E-state index in [1.165, 1.54) is 12.1 Å². The van der Waals surface area contributed by atoms with Crippen LogP contribution in [0.3, 0.4) is 0 Å². The SMILES string of the molecule is CCNc1nsnc1-c1cccc(F)c1F. The van der Waals surface area contributed by atoms with Gasteiger partial charge in [-0.15, -0.1) is 0 Å². The first-order valence-corrected chi connectivity index (χ1v) is 5.48. The summed E-state index contributed by atoms with van der Waals surface area (Å²) < 4.78 is 34.5. The van der Waals surface area contributed by atoms with Crippen LogP contribution in [0, 0.1) is 11.6 Å². The maximum atomic E-state index is 13.5. The van der Waals surface area contributed by atoms with Crippen molar-refractivity contribution in [1.29, 1.82) is 0 Å². The van der Waals surface area contributed by atoms with Crippen LogP contribution >= 0.6 is 11.7 Å². The molecule has 1 heterocycles. The third kappa shape index (κ3) is 1.88. The zero-order valence-corrected chi connectivity index (χ0v) is 9.31. The highest BCUT2D eigenvalue weighted by Gasteiger charge is 2.16. The van der Waals surface area contributed by atoms with E-state index in [1.54, 1.807) is 0 Å². The van der Waals surface area contributed by atoms with Crippen molar-refractivity contribution in [2.45, 2.75) is 6.92 Å². The van der Waals surface area contributed by atoms with Gasteiger partial charge in [0.1, 0.15) is 5.69 Å². The lowest BCUT2D eigenvalue weighted by Gasteiger charge is -2.03. The third-order valence-electron chi connectivity index (χ3n) is 2.04. The van der Waals surface area contributed by atoms with Crippen LogP contribution in [0.4, 0.5) is 14.6 Å². The molecule has 0 amide bonds. The summed E-state index contributed by atoms with van der Waals surface area (Å²) in [4.78, 5) is 0. The van der Waals surface area contributed by atoms with Crippen LogP contribution in [-0.2, 0) is 0 Å². The van der Waals surface area contributed by atoms with Crippen molar-refractivity contribution >= 4 is 17.5 Å². The first-order valence-electron chi connectivity index (χ1n) is 4.75. The Morgan fingerprint density at radius 1 is 1.31 bits per heavy atom. The standard InChI is InChI=1S/C10H9F2N3S/c1-2-13-10-9(14-16-15-10)6-4-3-5-7(11)8(6)12/h3-5H,2H2,1H3,(H,13,15). The molecule has 16 heavy (non-hydrogen) atoms. The molecular weight excluding hydrogens is 232 g/mol. The number of anilines is 1. The van der Waals surface area contributed by atoms with Gasteiger partial charge >= 0.3 is 0 Å². The first-order chi connectivity index (χ1) is 7.74. The number of nitrogens with one attached hydrogen (secondary N) is 1. The third-order valence-corrected chi connectivity index (χ3v) is 2.57. The molecule has 1 aromatic heterocycles. The topological polar surface area (TPSA) is 37.8 Å². The molecule has 2 aromatic rings. The lowest BCUT2D eigenvalue weighted by Crippen LogP contribution is -1.99. The molecular formula is C10H9F2N3S. The first kappa shape index (κ1) is 10.9. The Kier molecular flexibility index (Phi) is 3.09. The minimum atomic E-state index is -0.894. The van der Waals surface area contributed by atoms with E-state index in [0.717, 1.165) is 17.8 Å². The summed E-state index contributed by atoms with van der Waals surface area (Å²) in [6, 6.07) is 4.00. The smallest absolute Gasteiger partial charge is 0.168 e. The largest absolute Gasteiger partial charge is 0.368 e. The Morgan fingerprint density at radius 2 is 2.12 bits per heavy atom. The predicted octanol–water partition coefficient (Wildman–Crippen LogP) is 2.92. The maximum absolute atomic E-state index is 13.5. The van der Waals surface area contributed by atoms with Crippen molar-refractivity contribution in [2.24, 2.45) is 0 Å². The summed E-state index contributed by atoms with van der Waals surface area (Å²) in [6.07, 6.45) is 0. The fourth-order valence-electron chi connectivity index (χ4n) is 1.34. The highest BCUT2D eigenvalue weighted by molar-refractivity contribution is 6.99. The molecule has 0 radical (unpaired) electrons. The molecule has 0 unspecified atom stereocenters. The summed E-state index contributed by atoms with van der Waals surface area (Å²) >= 11 is 0.964. The monoisotopic (exact) mass is 241 g/mol. The molecule has 0 aliphatic rings. The van der Waals surface area contributed by atoms with Gasteiger partial charge in [0.2, 0.25) is 0 Å². The molecule has 0 atom stereocenters. The van der Waals surface area contributed by atoms with Crippen LogP contribution < -0.4 is 5.32 Å². The van der Waals surface area contributed by atoms with Crippen LogP contribution in [0.1, 0.15) is 6.92 Å². The molecule has 0 aliphatic carbocycles. The molecule has 0 bridgehead atoms. The average Bonchev–Trinajstić information content (AvgIpc) is 2.71. The van der Waals surface area contributed by atoms with E-state index in [4.69, 9.17) is 0 Å². The maximum Gasteiger partial charge on any atom is 0.168 e. The van der Waals surface area contributed by atoms with E-state index in [2.05, 4.69) is 14.1 Å². The van der Waals surface area contributed by atoms with E-state index in [0.29, 0.717) is 18.1 Å². The van der Waals surface area contributed by atoms with Gasteiger partial charge in [-0.2, -0.15) is 8.75 Å². The van der Waals surface area contributed by atoms with E-state index in [-0.39, 0.29) is 5.56 Å².